The number of alkyl halides is 2. The minimum Gasteiger partial charge on any atom is -0.435 e. The number of benzene rings is 2. The van der Waals surface area contributed by atoms with Gasteiger partial charge in [0.15, 0.2) is 0 Å². The summed E-state index contributed by atoms with van der Waals surface area (Å²) in [6, 6.07) is 10.1. The molecule has 21 heavy (non-hydrogen) atoms. The third kappa shape index (κ3) is 3.75. The van der Waals surface area contributed by atoms with Gasteiger partial charge in [0.05, 0.1) is 10.5 Å². The van der Waals surface area contributed by atoms with Crippen LogP contribution >= 0.6 is 15.9 Å². The summed E-state index contributed by atoms with van der Waals surface area (Å²) in [5, 5.41) is 0. The first kappa shape index (κ1) is 15.8. The largest absolute Gasteiger partial charge is 0.435 e. The van der Waals surface area contributed by atoms with E-state index in [0.29, 0.717) is 15.6 Å². The molecular weight excluding hydrogens is 349 g/mol. The Labute approximate surface area is 128 Å². The lowest BCUT2D eigenvalue weighted by atomic mass is 9.99. The third-order valence-electron chi connectivity index (χ3n) is 2.90. The molecule has 0 amide bonds. The van der Waals surface area contributed by atoms with Crippen molar-refractivity contribution < 1.29 is 17.9 Å². The van der Waals surface area contributed by atoms with Crippen molar-refractivity contribution in [3.63, 3.8) is 0 Å². The average molecular weight is 361 g/mol. The Morgan fingerprint density at radius 3 is 2.33 bits per heavy atom. The maximum absolute atomic E-state index is 14.1. The lowest BCUT2D eigenvalue weighted by Gasteiger charge is -2.18. The smallest absolute Gasteiger partial charge is 0.387 e. The Hall–Kier alpha value is -1.57. The lowest BCUT2D eigenvalue weighted by Crippen LogP contribution is -2.29. The Bertz CT molecular complexity index is 608. The Balaban J connectivity index is 2.31. The number of ether oxygens (including phenoxy) is 1. The number of halogens is 4. The fourth-order valence-corrected chi connectivity index (χ4v) is 2.33. The summed E-state index contributed by atoms with van der Waals surface area (Å²) < 4.78 is 42.9. The number of hydrogen-bond acceptors (Lipinski definition) is 3. The first-order valence-electron chi connectivity index (χ1n) is 5.97. The van der Waals surface area contributed by atoms with E-state index in [9.17, 15) is 13.2 Å². The Kier molecular flexibility index (Phi) is 5.22. The molecule has 3 nitrogen and oxygen atoms in total. The van der Waals surface area contributed by atoms with Crippen LogP contribution in [0.5, 0.6) is 5.75 Å². The average Bonchev–Trinajstić information content (AvgIpc) is 2.45. The molecule has 0 aromatic heterocycles. The van der Waals surface area contributed by atoms with Crippen molar-refractivity contribution in [2.75, 3.05) is 0 Å². The second kappa shape index (κ2) is 6.93. The summed E-state index contributed by atoms with van der Waals surface area (Å²) in [5.41, 5.74) is 3.48. The Morgan fingerprint density at radius 2 is 1.76 bits per heavy atom. The van der Waals surface area contributed by atoms with Crippen molar-refractivity contribution in [3.8, 4) is 5.75 Å². The van der Waals surface area contributed by atoms with Crippen molar-refractivity contribution >= 4 is 15.9 Å². The van der Waals surface area contributed by atoms with Gasteiger partial charge in [0.25, 0.3) is 0 Å². The lowest BCUT2D eigenvalue weighted by molar-refractivity contribution is -0.0498. The standard InChI is InChI=1S/C14H12BrF3N2O/c15-11-3-1-2-10(12(11)16)13(20-19)8-4-6-9(7-5-8)21-14(17)18/h1-7,13-14,20H,19H2. The van der Waals surface area contributed by atoms with E-state index in [1.807, 2.05) is 0 Å². The molecule has 0 heterocycles. The minimum atomic E-state index is -2.89. The SMILES string of the molecule is NNC(c1ccc(OC(F)F)cc1)c1cccc(Br)c1F. The van der Waals surface area contributed by atoms with Crippen LogP contribution in [0.2, 0.25) is 0 Å². The van der Waals surface area contributed by atoms with Crippen LogP contribution in [-0.2, 0) is 0 Å². The molecule has 112 valence electrons. The highest BCUT2D eigenvalue weighted by Gasteiger charge is 2.18. The quantitative estimate of drug-likeness (QED) is 0.630. The zero-order chi connectivity index (χ0) is 15.4. The number of nitrogens with one attached hydrogen (secondary N) is 1. The molecule has 7 heteroatoms. The maximum Gasteiger partial charge on any atom is 0.387 e. The zero-order valence-corrected chi connectivity index (χ0v) is 12.3. The van der Waals surface area contributed by atoms with Gasteiger partial charge in [0.2, 0.25) is 0 Å². The van der Waals surface area contributed by atoms with Gasteiger partial charge in [0, 0.05) is 5.56 Å². The van der Waals surface area contributed by atoms with Crippen LogP contribution in [0.3, 0.4) is 0 Å². The predicted octanol–water partition coefficient (Wildman–Crippen LogP) is 3.74. The summed E-state index contributed by atoms with van der Waals surface area (Å²) in [4.78, 5) is 0. The van der Waals surface area contributed by atoms with Crippen LogP contribution in [0.1, 0.15) is 17.2 Å². The molecule has 0 saturated heterocycles. The van der Waals surface area contributed by atoms with Gasteiger partial charge in [-0.3, -0.25) is 5.84 Å². The van der Waals surface area contributed by atoms with Gasteiger partial charge in [-0.1, -0.05) is 24.3 Å². The second-order valence-corrected chi connectivity index (χ2v) is 5.04. The summed E-state index contributed by atoms with van der Waals surface area (Å²) in [5.74, 6) is 5.08. The first-order chi connectivity index (χ1) is 10.0. The van der Waals surface area contributed by atoms with Crippen molar-refractivity contribution in [1.82, 2.24) is 5.43 Å². The molecule has 3 N–H and O–H groups in total. The number of hydrazine groups is 1. The van der Waals surface area contributed by atoms with E-state index in [-0.39, 0.29) is 5.75 Å². The highest BCUT2D eigenvalue weighted by molar-refractivity contribution is 9.10. The fourth-order valence-electron chi connectivity index (χ4n) is 1.95. The van der Waals surface area contributed by atoms with E-state index in [2.05, 4.69) is 26.1 Å². The molecule has 1 unspecified atom stereocenters. The number of rotatable bonds is 5. The molecule has 0 aliphatic carbocycles. The molecular formula is C14H12BrF3N2O. The third-order valence-corrected chi connectivity index (χ3v) is 3.51. The van der Waals surface area contributed by atoms with Crippen LogP contribution in [0.25, 0.3) is 0 Å². The van der Waals surface area contributed by atoms with Crippen LogP contribution < -0.4 is 16.0 Å². The van der Waals surface area contributed by atoms with E-state index in [0.717, 1.165) is 0 Å². The molecule has 1 atom stereocenters. The van der Waals surface area contributed by atoms with Crippen molar-refractivity contribution in [3.05, 3.63) is 63.9 Å². The van der Waals surface area contributed by atoms with Crippen LogP contribution in [0.15, 0.2) is 46.9 Å². The normalized spacial score (nSPS) is 12.5. The van der Waals surface area contributed by atoms with Crippen LogP contribution in [0.4, 0.5) is 13.2 Å². The molecule has 0 saturated carbocycles. The number of nitrogens with two attached hydrogens (primary N) is 1. The van der Waals surface area contributed by atoms with E-state index < -0.39 is 18.5 Å². The summed E-state index contributed by atoms with van der Waals surface area (Å²) in [6.07, 6.45) is 0. The maximum atomic E-state index is 14.1. The molecule has 2 aromatic rings. The van der Waals surface area contributed by atoms with Gasteiger partial charge >= 0.3 is 6.61 Å². The second-order valence-electron chi connectivity index (χ2n) is 4.19. The van der Waals surface area contributed by atoms with Crippen molar-refractivity contribution in [2.24, 2.45) is 5.84 Å². The molecule has 0 spiro atoms. The molecule has 0 radical (unpaired) electrons. The molecule has 2 rings (SSSR count). The fraction of sp³-hybridized carbons (Fsp3) is 0.143. The summed E-state index contributed by atoms with van der Waals surface area (Å²) in [7, 11) is 0. The topological polar surface area (TPSA) is 47.3 Å². The van der Waals surface area contributed by atoms with Gasteiger partial charge < -0.3 is 4.74 Å². The monoisotopic (exact) mass is 360 g/mol. The van der Waals surface area contributed by atoms with Crippen molar-refractivity contribution in [1.29, 1.82) is 0 Å². The molecule has 0 aliphatic heterocycles. The van der Waals surface area contributed by atoms with Gasteiger partial charge in [0.1, 0.15) is 11.6 Å². The first-order valence-corrected chi connectivity index (χ1v) is 6.77. The number of hydrogen-bond donors (Lipinski definition) is 2. The minimum absolute atomic E-state index is 0.0271. The predicted molar refractivity (Wildman–Crippen MR) is 76.3 cm³/mol. The van der Waals surface area contributed by atoms with Gasteiger partial charge in [-0.2, -0.15) is 8.78 Å². The van der Waals surface area contributed by atoms with E-state index in [4.69, 9.17) is 5.84 Å². The van der Waals surface area contributed by atoms with Crippen LogP contribution in [-0.4, -0.2) is 6.61 Å². The Morgan fingerprint density at radius 1 is 1.10 bits per heavy atom. The molecule has 0 fully saturated rings. The highest BCUT2D eigenvalue weighted by Crippen LogP contribution is 2.29. The highest BCUT2D eigenvalue weighted by atomic mass is 79.9. The molecule has 2 aromatic carbocycles. The van der Waals surface area contributed by atoms with Crippen molar-refractivity contribution in [2.45, 2.75) is 12.7 Å². The summed E-state index contributed by atoms with van der Waals surface area (Å²) >= 11 is 3.11. The van der Waals surface area contributed by atoms with E-state index in [1.165, 1.54) is 12.1 Å². The van der Waals surface area contributed by atoms with Gasteiger partial charge in [-0.25, -0.2) is 9.82 Å². The van der Waals surface area contributed by atoms with Gasteiger partial charge in [-0.15, -0.1) is 0 Å². The zero-order valence-electron chi connectivity index (χ0n) is 10.7. The van der Waals surface area contributed by atoms with E-state index in [1.54, 1.807) is 30.3 Å². The van der Waals surface area contributed by atoms with Gasteiger partial charge in [-0.05, 0) is 39.7 Å². The summed E-state index contributed by atoms with van der Waals surface area (Å²) in [6.45, 7) is -2.89. The molecule has 0 aliphatic rings. The van der Waals surface area contributed by atoms with Crippen LogP contribution in [0, 0.1) is 5.82 Å². The molecule has 0 bridgehead atoms. The van der Waals surface area contributed by atoms with E-state index >= 15 is 0 Å².